The van der Waals surface area contributed by atoms with Crippen molar-refractivity contribution in [2.24, 2.45) is 9.98 Å². The van der Waals surface area contributed by atoms with Crippen LogP contribution >= 0.6 is 11.6 Å². The number of carbonyl (C=O) groups excluding carboxylic acids is 2. The Labute approximate surface area is 175 Å². The number of amides is 1. The van der Waals surface area contributed by atoms with E-state index in [-0.39, 0.29) is 39.2 Å². The fraction of sp³-hybridized carbons (Fsp3) is 0.100. The van der Waals surface area contributed by atoms with Gasteiger partial charge in [-0.2, -0.15) is 4.99 Å². The van der Waals surface area contributed by atoms with E-state index < -0.39 is 16.8 Å². The van der Waals surface area contributed by atoms with Gasteiger partial charge in [-0.15, -0.1) is 0 Å². The van der Waals surface area contributed by atoms with Crippen molar-refractivity contribution in [3.8, 4) is 0 Å². The van der Waals surface area contributed by atoms with Crippen LogP contribution in [0.1, 0.15) is 28.4 Å². The molecule has 0 fully saturated rings. The van der Waals surface area contributed by atoms with Crippen LogP contribution in [-0.2, 0) is 9.53 Å². The van der Waals surface area contributed by atoms with Gasteiger partial charge >= 0.3 is 5.97 Å². The van der Waals surface area contributed by atoms with E-state index in [1.54, 1.807) is 24.3 Å². The molecule has 1 heterocycles. The summed E-state index contributed by atoms with van der Waals surface area (Å²) in [4.78, 5) is 43.4. The van der Waals surface area contributed by atoms with Crippen LogP contribution in [0, 0.1) is 10.1 Å². The van der Waals surface area contributed by atoms with E-state index in [1.165, 1.54) is 19.1 Å². The molecule has 0 saturated heterocycles. The van der Waals surface area contributed by atoms with Gasteiger partial charge in [0.05, 0.1) is 28.3 Å². The number of hydrogen-bond donors (Lipinski definition) is 1. The average molecular weight is 428 g/mol. The molecule has 1 aliphatic rings. The Bertz CT molecular complexity index is 1180. The number of allylic oxidation sites excluding steroid dienone is 1. The number of esters is 1. The maximum Gasteiger partial charge on any atom is 0.343 e. The lowest BCUT2D eigenvalue weighted by molar-refractivity contribution is -0.384. The average Bonchev–Trinajstić information content (AvgIpc) is 3.06. The van der Waals surface area contributed by atoms with Crippen LogP contribution in [0.5, 0.6) is 0 Å². The predicted octanol–water partition coefficient (Wildman–Crippen LogP) is 3.64. The van der Waals surface area contributed by atoms with E-state index in [4.69, 9.17) is 16.3 Å². The number of hydrogen-bond acceptors (Lipinski definition) is 6. The Balaban J connectivity index is 2.14. The molecule has 0 radical (unpaired) electrons. The van der Waals surface area contributed by atoms with Crippen molar-refractivity contribution in [1.29, 1.82) is 0 Å². The Hall–Kier alpha value is -3.85. The van der Waals surface area contributed by atoms with Crippen molar-refractivity contribution in [3.63, 3.8) is 0 Å². The number of carbonyl (C=O) groups is 2. The van der Waals surface area contributed by atoms with E-state index in [2.05, 4.69) is 9.98 Å². The highest BCUT2D eigenvalue weighted by molar-refractivity contribution is 6.37. The van der Waals surface area contributed by atoms with Crippen molar-refractivity contribution in [2.45, 2.75) is 6.92 Å². The second-order valence-corrected chi connectivity index (χ2v) is 6.53. The molecule has 10 heteroatoms. The third-order valence-electron chi connectivity index (χ3n) is 4.23. The number of rotatable bonds is 4. The lowest BCUT2D eigenvalue weighted by Crippen LogP contribution is -2.16. The molecule has 0 atom stereocenters. The Morgan fingerprint density at radius 2 is 1.87 bits per heavy atom. The summed E-state index contributed by atoms with van der Waals surface area (Å²) in [5, 5.41) is 21.0. The molecule has 0 unspecified atom stereocenters. The molecular weight excluding hydrogens is 414 g/mol. The van der Waals surface area contributed by atoms with Gasteiger partial charge in [-0.05, 0) is 13.0 Å². The molecule has 0 aromatic heterocycles. The molecule has 0 aliphatic carbocycles. The van der Waals surface area contributed by atoms with Gasteiger partial charge in [-0.3, -0.25) is 14.9 Å². The third-order valence-corrected chi connectivity index (χ3v) is 4.56. The van der Waals surface area contributed by atoms with Crippen molar-refractivity contribution < 1.29 is 24.4 Å². The minimum absolute atomic E-state index is 0.00761. The highest BCUT2D eigenvalue weighted by Gasteiger charge is 2.30. The number of ether oxygens (including phenoxy) is 1. The minimum atomic E-state index is -0.845. The van der Waals surface area contributed by atoms with Crippen molar-refractivity contribution >= 4 is 40.7 Å². The van der Waals surface area contributed by atoms with Gasteiger partial charge in [0.2, 0.25) is 0 Å². The van der Waals surface area contributed by atoms with Gasteiger partial charge in [0, 0.05) is 23.3 Å². The zero-order chi connectivity index (χ0) is 22.0. The largest absolute Gasteiger partial charge is 0.512 e. The zero-order valence-corrected chi connectivity index (χ0v) is 16.5. The number of aliphatic hydroxyl groups is 1. The molecule has 0 saturated carbocycles. The first-order valence-electron chi connectivity index (χ1n) is 8.48. The Kier molecular flexibility index (Phi) is 5.74. The quantitative estimate of drug-likeness (QED) is 0.260. The number of aliphatic imine (C=N–C) groups is 2. The SMILES string of the molecule is COC(=O)/C(C1=NC(=NC(=O)c2cc([N+](=O)[O-])ccc2Cl)c2ccccc21)=C(/C)O. The molecule has 1 aliphatic heterocycles. The molecule has 3 rings (SSSR count). The molecule has 152 valence electrons. The van der Waals surface area contributed by atoms with Crippen LogP contribution in [-0.4, -0.2) is 40.6 Å². The van der Waals surface area contributed by atoms with E-state index in [1.807, 2.05) is 0 Å². The standard InChI is InChI=1S/C20H14ClN3O6/c1-10(25)16(20(27)30-2)17-12-5-3-4-6-13(12)18(22-17)23-19(26)14-9-11(24(28)29)7-8-15(14)21/h3-9,25H,1-2H3/b16-10-,23-18?. The van der Waals surface area contributed by atoms with Crippen molar-refractivity contribution in [2.75, 3.05) is 7.11 Å². The minimum Gasteiger partial charge on any atom is -0.512 e. The lowest BCUT2D eigenvalue weighted by Gasteiger charge is -2.07. The van der Waals surface area contributed by atoms with Crippen molar-refractivity contribution in [1.82, 2.24) is 0 Å². The highest BCUT2D eigenvalue weighted by atomic mass is 35.5. The molecule has 1 N–H and O–H groups in total. The van der Waals surface area contributed by atoms with Crippen LogP contribution in [0.25, 0.3) is 0 Å². The third kappa shape index (κ3) is 3.83. The number of benzene rings is 2. The fourth-order valence-corrected chi connectivity index (χ4v) is 3.05. The monoisotopic (exact) mass is 427 g/mol. The van der Waals surface area contributed by atoms with Gasteiger partial charge in [0.25, 0.3) is 11.6 Å². The summed E-state index contributed by atoms with van der Waals surface area (Å²) in [5.41, 5.74) is 0.338. The molecule has 0 bridgehead atoms. The number of halogens is 1. The van der Waals surface area contributed by atoms with E-state index >= 15 is 0 Å². The molecule has 30 heavy (non-hydrogen) atoms. The van der Waals surface area contributed by atoms with Gasteiger partial charge in [0.1, 0.15) is 11.3 Å². The summed E-state index contributed by atoms with van der Waals surface area (Å²) in [6.45, 7) is 1.31. The summed E-state index contributed by atoms with van der Waals surface area (Å²) in [7, 11) is 1.16. The second kappa shape index (κ2) is 8.26. The Morgan fingerprint density at radius 3 is 2.47 bits per heavy atom. The van der Waals surface area contributed by atoms with E-state index in [9.17, 15) is 24.8 Å². The van der Waals surface area contributed by atoms with Crippen LogP contribution in [0.3, 0.4) is 0 Å². The highest BCUT2D eigenvalue weighted by Crippen LogP contribution is 2.27. The van der Waals surface area contributed by atoms with Gasteiger partial charge < -0.3 is 9.84 Å². The number of nitrogens with zero attached hydrogens (tertiary/aromatic N) is 3. The first-order valence-corrected chi connectivity index (χ1v) is 8.86. The molecule has 2 aromatic carbocycles. The zero-order valence-electron chi connectivity index (χ0n) is 15.7. The molecule has 2 aromatic rings. The summed E-state index contributed by atoms with van der Waals surface area (Å²) in [6, 6.07) is 10.1. The number of methoxy groups -OCH3 is 1. The van der Waals surface area contributed by atoms with Crippen LogP contribution < -0.4 is 0 Å². The maximum absolute atomic E-state index is 12.7. The summed E-state index contributed by atoms with van der Waals surface area (Å²) in [6.07, 6.45) is 0. The maximum atomic E-state index is 12.7. The summed E-state index contributed by atoms with van der Waals surface area (Å²) < 4.78 is 4.71. The predicted molar refractivity (Wildman–Crippen MR) is 109 cm³/mol. The number of aliphatic hydroxyl groups excluding tert-OH is 1. The fourth-order valence-electron chi connectivity index (χ4n) is 2.85. The first kappa shape index (κ1) is 20.9. The molecule has 9 nitrogen and oxygen atoms in total. The number of fused-ring (bicyclic) bond motifs is 1. The number of non-ortho nitro benzene ring substituents is 1. The molecular formula is C20H14ClN3O6. The van der Waals surface area contributed by atoms with Crippen molar-refractivity contribution in [3.05, 3.63) is 85.6 Å². The van der Waals surface area contributed by atoms with Crippen LogP contribution in [0.15, 0.2) is 63.8 Å². The van der Waals surface area contributed by atoms with Crippen LogP contribution in [0.4, 0.5) is 5.69 Å². The lowest BCUT2D eigenvalue weighted by atomic mass is 9.99. The normalized spacial score (nSPS) is 14.6. The van der Waals surface area contributed by atoms with E-state index in [0.717, 1.165) is 13.2 Å². The van der Waals surface area contributed by atoms with Gasteiger partial charge in [-0.25, -0.2) is 9.79 Å². The number of nitro benzene ring substituents is 1. The second-order valence-electron chi connectivity index (χ2n) is 6.12. The Morgan fingerprint density at radius 1 is 1.20 bits per heavy atom. The topological polar surface area (TPSA) is 131 Å². The summed E-state index contributed by atoms with van der Waals surface area (Å²) in [5.74, 6) is -2.00. The van der Waals surface area contributed by atoms with Crippen LogP contribution in [0.2, 0.25) is 5.02 Å². The molecule has 0 spiro atoms. The number of amidine groups is 1. The number of nitro groups is 1. The van der Waals surface area contributed by atoms with Gasteiger partial charge in [0.15, 0.2) is 5.84 Å². The first-order chi connectivity index (χ1) is 14.2. The summed E-state index contributed by atoms with van der Waals surface area (Å²) >= 11 is 6.01. The van der Waals surface area contributed by atoms with Gasteiger partial charge in [-0.1, -0.05) is 35.9 Å². The smallest absolute Gasteiger partial charge is 0.343 e. The molecule has 1 amide bonds. The van der Waals surface area contributed by atoms with E-state index in [0.29, 0.717) is 11.1 Å².